The van der Waals surface area contributed by atoms with Gasteiger partial charge in [0, 0.05) is 31.7 Å². The minimum atomic E-state index is -3.51. The summed E-state index contributed by atoms with van der Waals surface area (Å²) in [5.41, 5.74) is 4.05. The van der Waals surface area contributed by atoms with E-state index in [1.807, 2.05) is 37.3 Å². The molecule has 1 fully saturated rings. The summed E-state index contributed by atoms with van der Waals surface area (Å²) in [4.78, 5) is 0.335. The maximum absolute atomic E-state index is 12.9. The molecule has 0 N–H and O–H groups in total. The van der Waals surface area contributed by atoms with E-state index in [1.165, 1.54) is 4.31 Å². The molecule has 4 rings (SSSR count). The first kappa shape index (κ1) is 18.7. The van der Waals surface area contributed by atoms with Crippen molar-refractivity contribution < 1.29 is 17.7 Å². The molecule has 2 heterocycles. The average molecular weight is 385 g/mol. The highest BCUT2D eigenvalue weighted by Crippen LogP contribution is 2.29. The molecule has 142 valence electrons. The number of rotatable bonds is 3. The van der Waals surface area contributed by atoms with Gasteiger partial charge in [0.05, 0.1) is 4.90 Å². The predicted octanol–water partition coefficient (Wildman–Crippen LogP) is 2.47. The second-order valence-electron chi connectivity index (χ2n) is 8.23. The van der Waals surface area contributed by atoms with Gasteiger partial charge in [-0.2, -0.15) is 4.31 Å². The van der Waals surface area contributed by atoms with Crippen LogP contribution in [0.4, 0.5) is 0 Å². The van der Waals surface area contributed by atoms with Crippen LogP contribution in [0.2, 0.25) is 0 Å². The van der Waals surface area contributed by atoms with Gasteiger partial charge in [-0.3, -0.25) is 0 Å². The Balaban J connectivity index is 1.53. The minimum Gasteiger partial charge on any atom is -0.407 e. The van der Waals surface area contributed by atoms with E-state index < -0.39 is 10.0 Å². The van der Waals surface area contributed by atoms with Crippen LogP contribution in [-0.2, 0) is 32.4 Å². The summed E-state index contributed by atoms with van der Waals surface area (Å²) in [6.45, 7) is 8.22. The van der Waals surface area contributed by atoms with Gasteiger partial charge in [-0.25, -0.2) is 8.42 Å². The van der Waals surface area contributed by atoms with E-state index in [0.717, 1.165) is 22.2 Å². The number of hydrogen-bond acceptors (Lipinski definition) is 4. The van der Waals surface area contributed by atoms with E-state index in [2.05, 4.69) is 13.8 Å². The van der Waals surface area contributed by atoms with Crippen LogP contribution in [0.15, 0.2) is 47.4 Å². The van der Waals surface area contributed by atoms with Gasteiger partial charge in [0.25, 0.3) is 0 Å². The lowest BCUT2D eigenvalue weighted by Gasteiger charge is -2.33. The largest absolute Gasteiger partial charge is 0.493 e. The molecule has 0 aliphatic carbocycles. The quantitative estimate of drug-likeness (QED) is 0.762. The molecule has 0 atom stereocenters. The summed E-state index contributed by atoms with van der Waals surface area (Å²) in [5.74, 6) is 0. The van der Waals surface area contributed by atoms with Gasteiger partial charge in [0.15, 0.2) is 0 Å². The lowest BCUT2D eigenvalue weighted by atomic mass is 9.75. The second-order valence-corrected chi connectivity index (χ2v) is 10.2. The van der Waals surface area contributed by atoms with Crippen molar-refractivity contribution >= 4 is 22.6 Å². The summed E-state index contributed by atoms with van der Waals surface area (Å²) >= 11 is 0. The van der Waals surface area contributed by atoms with E-state index in [-0.39, 0.29) is 12.5 Å². The summed E-state index contributed by atoms with van der Waals surface area (Å²) < 4.78 is 39.1. The lowest BCUT2D eigenvalue weighted by Crippen LogP contribution is -2.47. The zero-order valence-corrected chi connectivity index (χ0v) is 16.8. The minimum absolute atomic E-state index is 0.0200. The summed E-state index contributed by atoms with van der Waals surface area (Å²) in [6.07, 6.45) is 0. The Hall–Kier alpha value is -1.67. The van der Waals surface area contributed by atoms with Gasteiger partial charge in [-0.1, -0.05) is 49.7 Å². The molecule has 0 saturated carbocycles. The molecule has 0 amide bonds. The maximum Gasteiger partial charge on any atom is 0.493 e. The van der Waals surface area contributed by atoms with E-state index in [9.17, 15) is 8.42 Å². The molecule has 2 aromatic rings. The van der Waals surface area contributed by atoms with Crippen molar-refractivity contribution in [1.82, 2.24) is 4.31 Å². The van der Waals surface area contributed by atoms with Gasteiger partial charge < -0.3 is 9.31 Å². The number of aryl methyl sites for hydroxylation is 1. The van der Waals surface area contributed by atoms with Gasteiger partial charge in [0.2, 0.25) is 10.0 Å². The maximum atomic E-state index is 12.9. The number of hydrogen-bond donors (Lipinski definition) is 0. The standard InChI is InChI=1S/C20H24BNO4S/c1-15-4-8-19(9-5-15)27(23,24)22-11-16-6-7-18(10-17(16)12-22)21-25-13-20(2,3)14-26-21/h4-10H,11-14H2,1-3H3. The highest BCUT2D eigenvalue weighted by atomic mass is 32.2. The number of nitrogens with zero attached hydrogens (tertiary/aromatic N) is 1. The Labute approximate surface area is 161 Å². The van der Waals surface area contributed by atoms with Gasteiger partial charge >= 0.3 is 7.12 Å². The number of fused-ring (bicyclic) bond motifs is 1. The van der Waals surface area contributed by atoms with Crippen molar-refractivity contribution in [2.75, 3.05) is 13.2 Å². The Morgan fingerprint density at radius 1 is 0.963 bits per heavy atom. The molecule has 27 heavy (non-hydrogen) atoms. The van der Waals surface area contributed by atoms with Crippen molar-refractivity contribution in [3.63, 3.8) is 0 Å². The zero-order valence-electron chi connectivity index (χ0n) is 15.9. The van der Waals surface area contributed by atoms with Gasteiger partial charge in [0.1, 0.15) is 0 Å². The Bertz CT molecular complexity index is 946. The van der Waals surface area contributed by atoms with Crippen LogP contribution in [0.3, 0.4) is 0 Å². The van der Waals surface area contributed by atoms with Crippen molar-refractivity contribution in [3.05, 3.63) is 59.2 Å². The predicted molar refractivity (Wildman–Crippen MR) is 105 cm³/mol. The van der Waals surface area contributed by atoms with Gasteiger partial charge in [-0.15, -0.1) is 0 Å². The summed E-state index contributed by atoms with van der Waals surface area (Å²) in [7, 11) is -3.89. The third kappa shape index (κ3) is 3.69. The molecular weight excluding hydrogens is 361 g/mol. The van der Waals surface area contributed by atoms with Crippen LogP contribution in [0, 0.1) is 12.3 Å². The smallest absolute Gasteiger partial charge is 0.407 e. The molecule has 1 saturated heterocycles. The molecule has 2 aromatic carbocycles. The normalized spacial score (nSPS) is 19.9. The lowest BCUT2D eigenvalue weighted by molar-refractivity contribution is 0.0343. The van der Waals surface area contributed by atoms with Crippen LogP contribution in [0.5, 0.6) is 0 Å². The van der Waals surface area contributed by atoms with Crippen molar-refractivity contribution in [3.8, 4) is 0 Å². The fourth-order valence-corrected chi connectivity index (χ4v) is 4.84. The first-order valence-electron chi connectivity index (χ1n) is 9.16. The van der Waals surface area contributed by atoms with E-state index >= 15 is 0 Å². The van der Waals surface area contributed by atoms with Crippen LogP contribution in [0.25, 0.3) is 0 Å². The first-order valence-corrected chi connectivity index (χ1v) is 10.6. The van der Waals surface area contributed by atoms with Crippen LogP contribution in [-0.4, -0.2) is 33.1 Å². The SMILES string of the molecule is Cc1ccc(S(=O)(=O)N2Cc3ccc(B4OCC(C)(C)CO4)cc3C2)cc1. The third-order valence-electron chi connectivity index (χ3n) is 5.11. The summed E-state index contributed by atoms with van der Waals surface area (Å²) in [5, 5.41) is 0. The molecule has 0 unspecified atom stereocenters. The number of benzene rings is 2. The highest BCUT2D eigenvalue weighted by Gasteiger charge is 2.35. The Morgan fingerprint density at radius 3 is 2.26 bits per heavy atom. The van der Waals surface area contributed by atoms with Crippen molar-refractivity contribution in [1.29, 1.82) is 0 Å². The Kier molecular flexibility index (Phi) is 4.67. The van der Waals surface area contributed by atoms with Crippen molar-refractivity contribution in [2.45, 2.75) is 38.8 Å². The van der Waals surface area contributed by atoms with E-state index in [0.29, 0.717) is 31.2 Å². The zero-order chi connectivity index (χ0) is 19.2. The molecule has 0 radical (unpaired) electrons. The van der Waals surface area contributed by atoms with E-state index in [1.54, 1.807) is 12.1 Å². The molecule has 2 aliphatic rings. The number of sulfonamides is 1. The topological polar surface area (TPSA) is 55.8 Å². The monoisotopic (exact) mass is 385 g/mol. The third-order valence-corrected chi connectivity index (χ3v) is 6.91. The summed E-state index contributed by atoms with van der Waals surface area (Å²) in [6, 6.07) is 13.0. The fraction of sp³-hybridized carbons (Fsp3) is 0.400. The fourth-order valence-electron chi connectivity index (χ4n) is 3.44. The average Bonchev–Trinajstić information content (AvgIpc) is 3.06. The molecule has 0 spiro atoms. The Morgan fingerprint density at radius 2 is 1.59 bits per heavy atom. The van der Waals surface area contributed by atoms with E-state index in [4.69, 9.17) is 9.31 Å². The molecule has 0 aromatic heterocycles. The highest BCUT2D eigenvalue weighted by molar-refractivity contribution is 7.89. The second kappa shape index (κ2) is 6.74. The molecule has 7 heteroatoms. The molecule has 2 aliphatic heterocycles. The van der Waals surface area contributed by atoms with Crippen molar-refractivity contribution in [2.24, 2.45) is 5.41 Å². The molecular formula is C20H24BNO4S. The first-order chi connectivity index (χ1) is 12.7. The van der Waals surface area contributed by atoms with Crippen LogP contribution < -0.4 is 5.46 Å². The van der Waals surface area contributed by atoms with Gasteiger partial charge in [-0.05, 0) is 35.6 Å². The van der Waals surface area contributed by atoms with Crippen LogP contribution >= 0.6 is 0 Å². The van der Waals surface area contributed by atoms with Crippen LogP contribution in [0.1, 0.15) is 30.5 Å². The molecule has 0 bridgehead atoms. The molecule has 5 nitrogen and oxygen atoms in total.